The first kappa shape index (κ1) is 27.8. The molecule has 2 aromatic rings. The van der Waals surface area contributed by atoms with E-state index in [0.717, 1.165) is 37.7 Å². The Morgan fingerprint density at radius 2 is 2.03 bits per heavy atom. The van der Waals surface area contributed by atoms with E-state index in [1.54, 1.807) is 14.0 Å². The van der Waals surface area contributed by atoms with Crippen LogP contribution in [0.5, 0.6) is 5.75 Å². The van der Waals surface area contributed by atoms with Crippen molar-refractivity contribution in [1.82, 2.24) is 10.1 Å². The number of rotatable bonds is 15. The number of benzene rings is 1. The Morgan fingerprint density at radius 1 is 1.28 bits per heavy atom. The number of esters is 1. The number of nitrogens with two attached hydrogens (primary N) is 1. The molecule has 11 heteroatoms. The Balaban J connectivity index is 1.54. The summed E-state index contributed by atoms with van der Waals surface area (Å²) in [5.74, 6) is 0.606. The smallest absolute Gasteiger partial charge is 0.323 e. The van der Waals surface area contributed by atoms with Gasteiger partial charge in [0.25, 0.3) is 0 Å². The Kier molecular flexibility index (Phi) is 11.4. The van der Waals surface area contributed by atoms with Gasteiger partial charge in [0.1, 0.15) is 30.1 Å². The third kappa shape index (κ3) is 9.02. The molecule has 1 saturated carbocycles. The maximum atomic E-state index is 12.6. The summed E-state index contributed by atoms with van der Waals surface area (Å²) in [6.45, 7) is 2.03. The number of aromatic nitrogens is 1. The van der Waals surface area contributed by atoms with Crippen molar-refractivity contribution < 1.29 is 23.3 Å². The van der Waals surface area contributed by atoms with Crippen LogP contribution in [0.3, 0.4) is 0 Å². The Hall–Kier alpha value is -2.78. The van der Waals surface area contributed by atoms with E-state index in [1.165, 1.54) is 0 Å². The zero-order valence-corrected chi connectivity index (χ0v) is 21.7. The van der Waals surface area contributed by atoms with Crippen LogP contribution < -0.4 is 15.3 Å². The molecular formula is C25H36N5O5P. The molecule has 1 heterocycles. The average Bonchev–Trinajstić information content (AvgIpc) is 3.57. The van der Waals surface area contributed by atoms with E-state index in [0.29, 0.717) is 24.3 Å². The van der Waals surface area contributed by atoms with Gasteiger partial charge in [0.15, 0.2) is 0 Å². The SMILES string of the molecule is COC(CCc1ccc(C(N)=NC=N)[nH]1)COP(NC(C)C(=O)OC1CCCC1)Oc1ccccc1. The summed E-state index contributed by atoms with van der Waals surface area (Å²) in [5.41, 5.74) is 7.46. The third-order valence-corrected chi connectivity index (χ3v) is 7.20. The number of ether oxygens (including phenoxy) is 2. The van der Waals surface area contributed by atoms with Crippen LogP contribution in [0.25, 0.3) is 0 Å². The second-order valence-electron chi connectivity index (χ2n) is 8.59. The summed E-state index contributed by atoms with van der Waals surface area (Å²) in [5, 5.41) is 10.2. The van der Waals surface area contributed by atoms with E-state index >= 15 is 0 Å². The predicted molar refractivity (Wildman–Crippen MR) is 140 cm³/mol. The molecule has 0 aliphatic heterocycles. The standard InChI is InChI=1S/C25H36N5O5P/c1-18(25(31)34-20-8-6-7-9-20)30-36(35-21-10-4-3-5-11-21)33-16-22(32-2)14-12-19-13-15-23(29-19)24(27)28-17-26/h3-5,10-11,13,15,17-18,20,22,29-30H,6-9,12,14,16H2,1-2H3,(H3,26,27,28). The number of amidine groups is 1. The first-order valence-electron chi connectivity index (χ1n) is 12.1. The summed E-state index contributed by atoms with van der Waals surface area (Å²) in [6.07, 6.45) is 6.14. The van der Waals surface area contributed by atoms with Gasteiger partial charge in [0, 0.05) is 12.8 Å². The lowest BCUT2D eigenvalue weighted by molar-refractivity contribution is -0.150. The van der Waals surface area contributed by atoms with Crippen molar-refractivity contribution >= 4 is 26.7 Å². The maximum Gasteiger partial charge on any atom is 0.323 e. The van der Waals surface area contributed by atoms with Gasteiger partial charge >= 0.3 is 14.5 Å². The molecule has 196 valence electrons. The first-order valence-corrected chi connectivity index (χ1v) is 13.3. The normalized spacial score (nSPS) is 16.9. The molecule has 0 bridgehead atoms. The molecule has 1 aliphatic rings. The molecule has 3 rings (SSSR count). The van der Waals surface area contributed by atoms with Crippen LogP contribution in [0.2, 0.25) is 0 Å². The minimum atomic E-state index is -1.63. The van der Waals surface area contributed by atoms with Crippen molar-refractivity contribution in [3.05, 3.63) is 53.9 Å². The van der Waals surface area contributed by atoms with Crippen LogP contribution in [0.1, 0.15) is 50.4 Å². The van der Waals surface area contributed by atoms with E-state index < -0.39 is 14.6 Å². The number of methoxy groups -OCH3 is 1. The average molecular weight is 518 g/mol. The number of H-pyrrole nitrogens is 1. The van der Waals surface area contributed by atoms with Crippen molar-refractivity contribution in [2.75, 3.05) is 13.7 Å². The van der Waals surface area contributed by atoms with Crippen LogP contribution in [0.4, 0.5) is 0 Å². The highest BCUT2D eigenvalue weighted by atomic mass is 31.2. The Labute approximate surface area is 213 Å². The number of carbonyl (C=O) groups excluding carboxylic acids is 1. The molecule has 36 heavy (non-hydrogen) atoms. The number of aliphatic imine (C=N–C) groups is 1. The summed E-state index contributed by atoms with van der Waals surface area (Å²) in [4.78, 5) is 19.6. The number of nitrogens with zero attached hydrogens (tertiary/aromatic N) is 1. The van der Waals surface area contributed by atoms with E-state index in [2.05, 4.69) is 15.1 Å². The van der Waals surface area contributed by atoms with Crippen molar-refractivity contribution in [3.63, 3.8) is 0 Å². The van der Waals surface area contributed by atoms with Crippen LogP contribution in [-0.2, 0) is 25.2 Å². The molecule has 1 aromatic carbocycles. The van der Waals surface area contributed by atoms with Gasteiger partial charge in [-0.2, -0.15) is 0 Å². The summed E-state index contributed by atoms with van der Waals surface area (Å²) in [7, 11) is 0.00627. The molecule has 1 fully saturated rings. The molecular weight excluding hydrogens is 481 g/mol. The molecule has 0 amide bonds. The molecule has 3 unspecified atom stereocenters. The number of para-hydroxylation sites is 1. The van der Waals surface area contributed by atoms with Crippen LogP contribution in [-0.4, -0.2) is 55.1 Å². The quantitative estimate of drug-likeness (QED) is 0.121. The van der Waals surface area contributed by atoms with Gasteiger partial charge in [-0.15, -0.1) is 0 Å². The van der Waals surface area contributed by atoms with Crippen molar-refractivity contribution in [2.45, 2.75) is 63.7 Å². The molecule has 3 atom stereocenters. The monoisotopic (exact) mass is 517 g/mol. The number of nitrogens with one attached hydrogen (secondary N) is 3. The highest BCUT2D eigenvalue weighted by molar-refractivity contribution is 7.45. The van der Waals surface area contributed by atoms with Crippen LogP contribution >= 0.6 is 8.53 Å². The molecule has 5 N–H and O–H groups in total. The van der Waals surface area contributed by atoms with Gasteiger partial charge in [-0.3, -0.25) is 10.2 Å². The Bertz CT molecular complexity index is 980. The van der Waals surface area contributed by atoms with Gasteiger partial charge in [0.05, 0.1) is 18.4 Å². The summed E-state index contributed by atoms with van der Waals surface area (Å²) >= 11 is 0. The highest BCUT2D eigenvalue weighted by Gasteiger charge is 2.27. The highest BCUT2D eigenvalue weighted by Crippen LogP contribution is 2.36. The number of carbonyl (C=O) groups is 1. The second kappa shape index (κ2) is 14.7. The summed E-state index contributed by atoms with van der Waals surface area (Å²) < 4.78 is 23.4. The van der Waals surface area contributed by atoms with Crippen molar-refractivity contribution in [2.24, 2.45) is 10.7 Å². The predicted octanol–water partition coefficient (Wildman–Crippen LogP) is 4.06. The number of hydrogen-bond acceptors (Lipinski definition) is 7. The fourth-order valence-electron chi connectivity index (χ4n) is 3.76. The Morgan fingerprint density at radius 3 is 2.72 bits per heavy atom. The van der Waals surface area contributed by atoms with Crippen LogP contribution in [0, 0.1) is 5.41 Å². The van der Waals surface area contributed by atoms with E-state index in [4.69, 9.17) is 29.7 Å². The fraction of sp³-hybridized carbons (Fsp3) is 0.480. The van der Waals surface area contributed by atoms with Crippen molar-refractivity contribution in [1.29, 1.82) is 5.41 Å². The molecule has 0 radical (unpaired) electrons. The largest absolute Gasteiger partial charge is 0.461 e. The zero-order valence-electron chi connectivity index (χ0n) is 20.8. The van der Waals surface area contributed by atoms with E-state index in [9.17, 15) is 4.79 Å². The third-order valence-electron chi connectivity index (χ3n) is 5.84. The minimum Gasteiger partial charge on any atom is -0.461 e. The second-order valence-corrected chi connectivity index (χ2v) is 9.80. The number of aryl methyl sites for hydroxylation is 1. The van der Waals surface area contributed by atoms with E-state index in [1.807, 2.05) is 42.5 Å². The van der Waals surface area contributed by atoms with Crippen molar-refractivity contribution in [3.8, 4) is 5.75 Å². The van der Waals surface area contributed by atoms with Gasteiger partial charge in [-0.05, 0) is 69.7 Å². The number of aromatic amines is 1. The zero-order chi connectivity index (χ0) is 25.8. The number of hydrogen-bond donors (Lipinski definition) is 4. The molecule has 10 nitrogen and oxygen atoms in total. The fourth-order valence-corrected chi connectivity index (χ4v) is 4.98. The maximum absolute atomic E-state index is 12.6. The molecule has 0 saturated heterocycles. The lowest BCUT2D eigenvalue weighted by atomic mass is 10.1. The molecule has 1 aliphatic carbocycles. The lowest BCUT2D eigenvalue weighted by Crippen LogP contribution is -2.35. The van der Waals surface area contributed by atoms with Gasteiger partial charge in [0.2, 0.25) is 0 Å². The molecule has 0 spiro atoms. The van der Waals surface area contributed by atoms with Gasteiger partial charge in [-0.25, -0.2) is 10.1 Å². The minimum absolute atomic E-state index is 0.00189. The van der Waals surface area contributed by atoms with E-state index in [-0.39, 0.29) is 30.6 Å². The van der Waals surface area contributed by atoms with Crippen LogP contribution in [0.15, 0.2) is 47.5 Å². The van der Waals surface area contributed by atoms with Gasteiger partial charge < -0.3 is 29.2 Å². The topological polar surface area (TPSA) is 144 Å². The summed E-state index contributed by atoms with van der Waals surface area (Å²) in [6, 6.07) is 12.5. The lowest BCUT2D eigenvalue weighted by Gasteiger charge is -2.24. The molecule has 1 aromatic heterocycles. The van der Waals surface area contributed by atoms with Gasteiger partial charge in [-0.1, -0.05) is 18.2 Å². The first-order chi connectivity index (χ1) is 17.5.